The van der Waals surface area contributed by atoms with Gasteiger partial charge in [0.15, 0.2) is 0 Å². The quantitative estimate of drug-likeness (QED) is 0.760. The Hall–Kier alpha value is -2.43. The molecule has 2 unspecified atom stereocenters. The largest absolute Gasteiger partial charge is 0.386 e. The number of rotatable bonds is 4. The molecule has 3 rings (SSSR count). The third-order valence-electron chi connectivity index (χ3n) is 3.91. The van der Waals surface area contributed by atoms with Gasteiger partial charge in [-0.05, 0) is 48.9 Å². The fourth-order valence-electron chi connectivity index (χ4n) is 2.53. The van der Waals surface area contributed by atoms with Crippen molar-refractivity contribution in [1.29, 1.82) is 0 Å². The third kappa shape index (κ3) is 3.55. The molecule has 0 bridgehead atoms. The summed E-state index contributed by atoms with van der Waals surface area (Å²) >= 11 is 5.85. The van der Waals surface area contributed by atoms with Gasteiger partial charge in [-0.1, -0.05) is 29.8 Å². The molecule has 5 heteroatoms. The minimum atomic E-state index is -0.812. The molecule has 0 aliphatic heterocycles. The zero-order chi connectivity index (χ0) is 17.1. The molecule has 1 aromatic heterocycles. The minimum absolute atomic E-state index is 0.235. The summed E-state index contributed by atoms with van der Waals surface area (Å²) in [6, 6.07) is 15.5. The minimum Gasteiger partial charge on any atom is -0.386 e. The van der Waals surface area contributed by atoms with Crippen LogP contribution in [0.25, 0.3) is 10.9 Å². The van der Waals surface area contributed by atoms with E-state index in [9.17, 15) is 9.90 Å². The Kier molecular flexibility index (Phi) is 4.79. The van der Waals surface area contributed by atoms with Crippen LogP contribution in [0.4, 0.5) is 0 Å². The number of fused-ring (bicyclic) bond motifs is 1. The van der Waals surface area contributed by atoms with Crippen molar-refractivity contribution < 1.29 is 9.90 Å². The fourth-order valence-corrected chi connectivity index (χ4v) is 2.66. The highest BCUT2D eigenvalue weighted by Crippen LogP contribution is 2.20. The summed E-state index contributed by atoms with van der Waals surface area (Å²) in [7, 11) is 0. The lowest BCUT2D eigenvalue weighted by Crippen LogP contribution is -2.37. The van der Waals surface area contributed by atoms with Crippen LogP contribution in [0.5, 0.6) is 0 Å². The summed E-state index contributed by atoms with van der Waals surface area (Å²) < 4.78 is 0. The molecule has 1 heterocycles. The first-order chi connectivity index (χ1) is 11.5. The standard InChI is InChI=1S/C19H17ClN2O2/c1-12(18(23)13-4-7-16(20)8-5-13)22-19(24)15-6-9-17-14(11-15)3-2-10-21-17/h2-12,18,23H,1H3,(H,22,24). The van der Waals surface area contributed by atoms with Gasteiger partial charge in [-0.2, -0.15) is 0 Å². The molecule has 122 valence electrons. The first kappa shape index (κ1) is 16.4. The molecule has 0 saturated carbocycles. The number of halogens is 1. The van der Waals surface area contributed by atoms with Crippen LogP contribution in [-0.2, 0) is 0 Å². The van der Waals surface area contributed by atoms with Crippen LogP contribution in [-0.4, -0.2) is 22.0 Å². The molecule has 0 saturated heterocycles. The Morgan fingerprint density at radius 2 is 1.92 bits per heavy atom. The Morgan fingerprint density at radius 1 is 1.17 bits per heavy atom. The molecule has 2 atom stereocenters. The number of aromatic nitrogens is 1. The van der Waals surface area contributed by atoms with Crippen molar-refractivity contribution in [3.63, 3.8) is 0 Å². The lowest BCUT2D eigenvalue weighted by Gasteiger charge is -2.21. The maximum Gasteiger partial charge on any atom is 0.251 e. The summed E-state index contributed by atoms with van der Waals surface area (Å²) in [5.74, 6) is -0.235. The number of hydrogen-bond donors (Lipinski definition) is 2. The van der Waals surface area contributed by atoms with Gasteiger partial charge in [0.1, 0.15) is 0 Å². The molecule has 0 fully saturated rings. The Bertz CT molecular complexity index is 865. The summed E-state index contributed by atoms with van der Waals surface area (Å²) in [5.41, 5.74) is 2.07. The van der Waals surface area contributed by atoms with E-state index in [2.05, 4.69) is 10.3 Å². The zero-order valence-corrected chi connectivity index (χ0v) is 13.9. The second kappa shape index (κ2) is 6.99. The van der Waals surface area contributed by atoms with Gasteiger partial charge < -0.3 is 10.4 Å². The lowest BCUT2D eigenvalue weighted by atomic mass is 10.0. The van der Waals surface area contributed by atoms with Crippen LogP contribution >= 0.6 is 11.6 Å². The highest BCUT2D eigenvalue weighted by molar-refractivity contribution is 6.30. The van der Waals surface area contributed by atoms with Crippen molar-refractivity contribution in [2.75, 3.05) is 0 Å². The number of aliphatic hydroxyl groups excluding tert-OH is 1. The summed E-state index contributed by atoms with van der Waals surface area (Å²) in [6.45, 7) is 1.76. The fraction of sp³-hybridized carbons (Fsp3) is 0.158. The van der Waals surface area contributed by atoms with Gasteiger partial charge in [-0.3, -0.25) is 9.78 Å². The molecule has 1 amide bonds. The predicted octanol–water partition coefficient (Wildman–Crippen LogP) is 3.74. The molecule has 0 aliphatic carbocycles. The van der Waals surface area contributed by atoms with Gasteiger partial charge in [0.05, 0.1) is 17.7 Å². The number of pyridine rings is 1. The lowest BCUT2D eigenvalue weighted by molar-refractivity contribution is 0.0852. The topological polar surface area (TPSA) is 62.2 Å². The second-order valence-corrected chi connectivity index (χ2v) is 6.11. The van der Waals surface area contributed by atoms with Gasteiger partial charge in [0.25, 0.3) is 5.91 Å². The number of carbonyl (C=O) groups is 1. The molecule has 3 aromatic rings. The maximum atomic E-state index is 12.4. The van der Waals surface area contributed by atoms with Crippen molar-refractivity contribution in [1.82, 2.24) is 10.3 Å². The van der Waals surface area contributed by atoms with E-state index in [0.717, 1.165) is 10.9 Å². The first-order valence-corrected chi connectivity index (χ1v) is 8.01. The molecule has 0 radical (unpaired) electrons. The zero-order valence-electron chi connectivity index (χ0n) is 13.1. The Labute approximate surface area is 145 Å². The average Bonchev–Trinajstić information content (AvgIpc) is 2.61. The van der Waals surface area contributed by atoms with Gasteiger partial charge in [0.2, 0.25) is 0 Å². The van der Waals surface area contributed by atoms with E-state index in [-0.39, 0.29) is 5.91 Å². The van der Waals surface area contributed by atoms with Crippen molar-refractivity contribution in [3.8, 4) is 0 Å². The molecule has 0 spiro atoms. The van der Waals surface area contributed by atoms with Crippen LogP contribution in [0.15, 0.2) is 60.8 Å². The van der Waals surface area contributed by atoms with E-state index in [0.29, 0.717) is 16.1 Å². The summed E-state index contributed by atoms with van der Waals surface area (Å²) in [6.07, 6.45) is 0.903. The van der Waals surface area contributed by atoms with Crippen LogP contribution in [0, 0.1) is 0 Å². The van der Waals surface area contributed by atoms with E-state index in [4.69, 9.17) is 11.6 Å². The van der Waals surface area contributed by atoms with E-state index < -0.39 is 12.1 Å². The van der Waals surface area contributed by atoms with Crippen LogP contribution in [0.1, 0.15) is 28.9 Å². The molecule has 2 aromatic carbocycles. The van der Waals surface area contributed by atoms with Crippen LogP contribution in [0.2, 0.25) is 5.02 Å². The van der Waals surface area contributed by atoms with Gasteiger partial charge >= 0.3 is 0 Å². The summed E-state index contributed by atoms with van der Waals surface area (Å²) in [5, 5.41) is 14.7. The number of amides is 1. The Balaban J connectivity index is 1.73. The average molecular weight is 341 g/mol. The number of benzene rings is 2. The van der Waals surface area contributed by atoms with Gasteiger partial charge in [-0.15, -0.1) is 0 Å². The smallest absolute Gasteiger partial charge is 0.251 e. The molecule has 2 N–H and O–H groups in total. The van der Waals surface area contributed by atoms with Crippen molar-refractivity contribution >= 4 is 28.4 Å². The number of carbonyl (C=O) groups excluding carboxylic acids is 1. The van der Waals surface area contributed by atoms with Gasteiger partial charge in [0, 0.05) is 22.2 Å². The van der Waals surface area contributed by atoms with Gasteiger partial charge in [-0.25, -0.2) is 0 Å². The van der Waals surface area contributed by atoms with E-state index in [1.807, 2.05) is 18.2 Å². The van der Waals surface area contributed by atoms with Crippen LogP contribution < -0.4 is 5.32 Å². The van der Waals surface area contributed by atoms with Crippen molar-refractivity contribution in [3.05, 3.63) is 76.9 Å². The maximum absolute atomic E-state index is 12.4. The Morgan fingerprint density at radius 3 is 2.67 bits per heavy atom. The summed E-state index contributed by atoms with van der Waals surface area (Å²) in [4.78, 5) is 16.7. The SMILES string of the molecule is CC(NC(=O)c1ccc2ncccc2c1)C(O)c1ccc(Cl)cc1. The number of aliphatic hydroxyl groups is 1. The molecule has 24 heavy (non-hydrogen) atoms. The van der Waals surface area contributed by atoms with E-state index >= 15 is 0 Å². The number of hydrogen-bond acceptors (Lipinski definition) is 3. The van der Waals surface area contributed by atoms with Crippen molar-refractivity contribution in [2.24, 2.45) is 0 Å². The molecular weight excluding hydrogens is 324 g/mol. The second-order valence-electron chi connectivity index (χ2n) is 5.67. The van der Waals surface area contributed by atoms with Crippen molar-refractivity contribution in [2.45, 2.75) is 19.1 Å². The van der Waals surface area contributed by atoms with E-state index in [1.165, 1.54) is 0 Å². The highest BCUT2D eigenvalue weighted by atomic mass is 35.5. The highest BCUT2D eigenvalue weighted by Gasteiger charge is 2.19. The first-order valence-electron chi connectivity index (χ1n) is 7.64. The normalized spacial score (nSPS) is 13.5. The van der Waals surface area contributed by atoms with E-state index in [1.54, 1.807) is 49.5 Å². The molecule has 4 nitrogen and oxygen atoms in total. The predicted molar refractivity (Wildman–Crippen MR) is 95.1 cm³/mol. The van der Waals surface area contributed by atoms with Crippen LogP contribution in [0.3, 0.4) is 0 Å². The molecular formula is C19H17ClN2O2. The monoisotopic (exact) mass is 340 g/mol. The number of nitrogens with zero attached hydrogens (tertiary/aromatic N) is 1. The third-order valence-corrected chi connectivity index (χ3v) is 4.16. The number of nitrogens with one attached hydrogen (secondary N) is 1. The molecule has 0 aliphatic rings.